The van der Waals surface area contributed by atoms with Gasteiger partial charge in [0.2, 0.25) is 0 Å². The quantitative estimate of drug-likeness (QED) is 0.629. The lowest BCUT2D eigenvalue weighted by Gasteiger charge is -2.44. The highest BCUT2D eigenvalue weighted by Crippen LogP contribution is 2.42. The van der Waals surface area contributed by atoms with Crippen LogP contribution in [0, 0.1) is 11.8 Å². The van der Waals surface area contributed by atoms with E-state index in [0.717, 1.165) is 19.3 Å². The molecule has 162 valence electrons. The van der Waals surface area contributed by atoms with E-state index in [1.807, 2.05) is 41.5 Å². The molecule has 0 aliphatic heterocycles. The van der Waals surface area contributed by atoms with E-state index in [2.05, 4.69) is 0 Å². The van der Waals surface area contributed by atoms with E-state index < -0.39 is 11.2 Å². The summed E-state index contributed by atoms with van der Waals surface area (Å²) in [6.07, 6.45) is 6.24. The smallest absolute Gasteiger partial charge is 0.332 e. The molecular weight excluding hydrogens is 360 g/mol. The van der Waals surface area contributed by atoms with E-state index in [-0.39, 0.29) is 37.4 Å². The molecule has 6 heteroatoms. The molecule has 0 saturated heterocycles. The first-order valence-electron chi connectivity index (χ1n) is 10.6. The summed E-state index contributed by atoms with van der Waals surface area (Å²) in [5.74, 6) is 0.243. The van der Waals surface area contributed by atoms with Crippen LogP contribution in [0.4, 0.5) is 0 Å². The van der Waals surface area contributed by atoms with Crippen LogP contribution in [0.15, 0.2) is 0 Å². The third kappa shape index (κ3) is 7.70. The molecule has 2 fully saturated rings. The number of hydrogen-bond acceptors (Lipinski definition) is 6. The molecule has 28 heavy (non-hydrogen) atoms. The van der Waals surface area contributed by atoms with Gasteiger partial charge in [0.25, 0.3) is 0 Å². The van der Waals surface area contributed by atoms with E-state index in [4.69, 9.17) is 18.9 Å². The summed E-state index contributed by atoms with van der Waals surface area (Å²) in [5, 5.41) is 0. The minimum Gasteiger partial charge on any atom is -0.458 e. The molecule has 0 N–H and O–H groups in total. The molecule has 2 aliphatic rings. The molecule has 4 unspecified atom stereocenters. The Bertz CT molecular complexity index is 530. The molecule has 0 bridgehead atoms. The first kappa shape index (κ1) is 23.1. The van der Waals surface area contributed by atoms with Gasteiger partial charge in [0.15, 0.2) is 0 Å². The van der Waals surface area contributed by atoms with Crippen molar-refractivity contribution in [3.05, 3.63) is 0 Å². The maximum atomic E-state index is 12.1. The van der Waals surface area contributed by atoms with Crippen LogP contribution >= 0.6 is 0 Å². The van der Waals surface area contributed by atoms with Crippen molar-refractivity contribution < 1.29 is 28.5 Å². The molecule has 4 atom stereocenters. The fraction of sp³-hybridized carbons (Fsp3) is 0.909. The number of fused-ring (bicyclic) bond motifs is 1. The van der Waals surface area contributed by atoms with Gasteiger partial charge in [0.05, 0.1) is 12.2 Å². The zero-order valence-electron chi connectivity index (χ0n) is 18.4. The Labute approximate surface area is 169 Å². The van der Waals surface area contributed by atoms with Crippen LogP contribution in [0.5, 0.6) is 0 Å². The maximum Gasteiger partial charge on any atom is 0.332 e. The summed E-state index contributed by atoms with van der Waals surface area (Å²) in [6, 6.07) is 0. The molecule has 0 aromatic heterocycles. The summed E-state index contributed by atoms with van der Waals surface area (Å²) in [4.78, 5) is 24.2. The predicted octanol–water partition coefficient (Wildman–Crippen LogP) is 4.04. The second-order valence-electron chi connectivity index (χ2n) is 10.1. The molecule has 2 saturated carbocycles. The number of carbonyl (C=O) groups is 2. The van der Waals surface area contributed by atoms with Crippen LogP contribution in [0.2, 0.25) is 0 Å². The third-order valence-corrected chi connectivity index (χ3v) is 5.23. The van der Waals surface area contributed by atoms with Gasteiger partial charge >= 0.3 is 11.9 Å². The summed E-state index contributed by atoms with van der Waals surface area (Å²) in [7, 11) is 0. The number of ether oxygens (including phenoxy) is 4. The highest BCUT2D eigenvalue weighted by molar-refractivity contribution is 5.71. The fourth-order valence-corrected chi connectivity index (χ4v) is 4.34. The van der Waals surface area contributed by atoms with Crippen LogP contribution in [0.25, 0.3) is 0 Å². The van der Waals surface area contributed by atoms with E-state index in [1.54, 1.807) is 0 Å². The average Bonchev–Trinajstić information content (AvgIpc) is 2.55. The number of rotatable bonds is 6. The molecular formula is C22H38O6. The van der Waals surface area contributed by atoms with Gasteiger partial charge in [-0.1, -0.05) is 19.3 Å². The normalized spacial score (nSPS) is 28.4. The molecule has 0 heterocycles. The Kier molecular flexibility index (Phi) is 7.91. The SMILES string of the molecule is CC(C)(C)OC(=O)COC1CCC2CCCCC2C1OCC(=O)OC(C)(C)C. The van der Waals surface area contributed by atoms with Crippen molar-refractivity contribution in [1.29, 1.82) is 0 Å². The topological polar surface area (TPSA) is 71.1 Å². The van der Waals surface area contributed by atoms with Crippen LogP contribution in [0.1, 0.15) is 80.1 Å². The lowest BCUT2D eigenvalue weighted by atomic mass is 9.68. The van der Waals surface area contributed by atoms with Gasteiger partial charge in [0.1, 0.15) is 24.4 Å². The van der Waals surface area contributed by atoms with E-state index in [1.165, 1.54) is 19.3 Å². The van der Waals surface area contributed by atoms with Gasteiger partial charge in [-0.05, 0) is 72.6 Å². The number of esters is 2. The minimum absolute atomic E-state index is 0.0859. The molecule has 0 aromatic carbocycles. The lowest BCUT2D eigenvalue weighted by molar-refractivity contribution is -0.183. The summed E-state index contributed by atoms with van der Waals surface area (Å²) in [6.45, 7) is 10.9. The summed E-state index contributed by atoms with van der Waals surface area (Å²) in [5.41, 5.74) is -1.07. The van der Waals surface area contributed by atoms with Crippen LogP contribution < -0.4 is 0 Å². The van der Waals surface area contributed by atoms with E-state index >= 15 is 0 Å². The monoisotopic (exact) mass is 398 g/mol. The second-order valence-corrected chi connectivity index (χ2v) is 10.1. The maximum absolute atomic E-state index is 12.1. The largest absolute Gasteiger partial charge is 0.458 e. The van der Waals surface area contributed by atoms with Crippen molar-refractivity contribution in [1.82, 2.24) is 0 Å². The van der Waals surface area contributed by atoms with Crippen molar-refractivity contribution in [3.8, 4) is 0 Å². The average molecular weight is 399 g/mol. The predicted molar refractivity (Wildman–Crippen MR) is 106 cm³/mol. The van der Waals surface area contributed by atoms with Gasteiger partial charge in [-0.15, -0.1) is 0 Å². The Morgan fingerprint density at radius 1 is 0.750 bits per heavy atom. The number of carbonyl (C=O) groups excluding carboxylic acids is 2. The Morgan fingerprint density at radius 2 is 1.29 bits per heavy atom. The van der Waals surface area contributed by atoms with Crippen LogP contribution in [-0.4, -0.2) is 48.6 Å². The molecule has 6 nitrogen and oxygen atoms in total. The summed E-state index contributed by atoms with van der Waals surface area (Å²) >= 11 is 0. The van der Waals surface area contributed by atoms with Crippen LogP contribution in [0.3, 0.4) is 0 Å². The van der Waals surface area contributed by atoms with Crippen LogP contribution in [-0.2, 0) is 28.5 Å². The zero-order valence-corrected chi connectivity index (χ0v) is 18.4. The molecule has 0 spiro atoms. The Morgan fingerprint density at radius 3 is 1.86 bits per heavy atom. The van der Waals surface area contributed by atoms with Crippen molar-refractivity contribution in [2.24, 2.45) is 11.8 Å². The van der Waals surface area contributed by atoms with E-state index in [9.17, 15) is 9.59 Å². The first-order valence-corrected chi connectivity index (χ1v) is 10.6. The standard InChI is InChI=1S/C22H38O6/c1-21(2,3)27-18(23)13-25-17-12-11-15-9-7-8-10-16(15)20(17)26-14-19(24)28-22(4,5)6/h15-17,20H,7-14H2,1-6H3. The summed E-state index contributed by atoms with van der Waals surface area (Å²) < 4.78 is 22.7. The molecule has 0 aromatic rings. The Hall–Kier alpha value is -1.14. The molecule has 2 aliphatic carbocycles. The number of hydrogen-bond donors (Lipinski definition) is 0. The second kappa shape index (κ2) is 9.57. The minimum atomic E-state index is -0.535. The highest BCUT2D eigenvalue weighted by Gasteiger charge is 2.42. The van der Waals surface area contributed by atoms with Gasteiger partial charge in [0, 0.05) is 0 Å². The van der Waals surface area contributed by atoms with Crippen molar-refractivity contribution in [2.75, 3.05) is 13.2 Å². The van der Waals surface area contributed by atoms with Crippen molar-refractivity contribution >= 4 is 11.9 Å². The van der Waals surface area contributed by atoms with Gasteiger partial charge in [-0.3, -0.25) is 0 Å². The van der Waals surface area contributed by atoms with Gasteiger partial charge in [-0.2, -0.15) is 0 Å². The first-order chi connectivity index (χ1) is 12.9. The fourth-order valence-electron chi connectivity index (χ4n) is 4.34. The molecule has 0 radical (unpaired) electrons. The van der Waals surface area contributed by atoms with Crippen molar-refractivity contribution in [3.63, 3.8) is 0 Å². The van der Waals surface area contributed by atoms with Gasteiger partial charge in [-0.25, -0.2) is 9.59 Å². The lowest BCUT2D eigenvalue weighted by Crippen LogP contribution is -2.48. The van der Waals surface area contributed by atoms with Crippen molar-refractivity contribution in [2.45, 2.75) is 103 Å². The molecule has 2 rings (SSSR count). The zero-order chi connectivity index (χ0) is 20.9. The Balaban J connectivity index is 1.96. The molecule has 0 amide bonds. The highest BCUT2D eigenvalue weighted by atomic mass is 16.6. The van der Waals surface area contributed by atoms with Gasteiger partial charge < -0.3 is 18.9 Å². The van der Waals surface area contributed by atoms with E-state index in [0.29, 0.717) is 11.8 Å². The third-order valence-electron chi connectivity index (χ3n) is 5.23.